The van der Waals surface area contributed by atoms with E-state index in [1.165, 1.54) is 6.07 Å². The van der Waals surface area contributed by atoms with Crippen LogP contribution in [0.15, 0.2) is 6.07 Å². The standard InChI is InChI=1S/C15H21Cl2N3O2/c1-10-11(16)8-12(15(22)14(10)17)18-13(21)9-20(3)6-4-19(2)5-7-20/h8H,4-7,9H2,1-3H3,(H-,18,21,22)/p+1. The van der Waals surface area contributed by atoms with Gasteiger partial charge in [-0.2, -0.15) is 0 Å². The summed E-state index contributed by atoms with van der Waals surface area (Å²) in [6, 6.07) is 1.53. The molecular formula is C15H22Cl2N3O2+. The first-order valence-electron chi connectivity index (χ1n) is 7.21. The number of hydrogen-bond acceptors (Lipinski definition) is 3. The van der Waals surface area contributed by atoms with E-state index < -0.39 is 0 Å². The number of benzene rings is 1. The molecule has 2 rings (SSSR count). The number of phenolic OH excluding ortho intramolecular Hbond substituents is 1. The van der Waals surface area contributed by atoms with Gasteiger partial charge >= 0.3 is 0 Å². The third kappa shape index (κ3) is 3.84. The summed E-state index contributed by atoms with van der Waals surface area (Å²) in [4.78, 5) is 14.5. The molecule has 1 fully saturated rings. The molecule has 0 atom stereocenters. The Kier molecular flexibility index (Phi) is 5.22. The van der Waals surface area contributed by atoms with Crippen molar-refractivity contribution in [2.24, 2.45) is 0 Å². The summed E-state index contributed by atoms with van der Waals surface area (Å²) in [6.45, 7) is 5.86. The molecule has 0 saturated carbocycles. The first-order chi connectivity index (χ1) is 10.2. The monoisotopic (exact) mass is 346 g/mol. The van der Waals surface area contributed by atoms with Crippen molar-refractivity contribution < 1.29 is 14.4 Å². The third-order valence-corrected chi connectivity index (χ3v) is 5.12. The van der Waals surface area contributed by atoms with Gasteiger partial charge in [0.1, 0.15) is 0 Å². The lowest BCUT2D eigenvalue weighted by atomic mass is 10.2. The second-order valence-electron chi connectivity index (χ2n) is 6.27. The van der Waals surface area contributed by atoms with Gasteiger partial charge in [-0.3, -0.25) is 9.69 Å². The number of amides is 1. The first kappa shape index (κ1) is 17.3. The minimum Gasteiger partial charge on any atom is -0.504 e. The molecule has 0 bridgehead atoms. The molecule has 0 spiro atoms. The summed E-state index contributed by atoms with van der Waals surface area (Å²) < 4.78 is 0.685. The summed E-state index contributed by atoms with van der Waals surface area (Å²) in [5, 5.41) is 13.3. The van der Waals surface area contributed by atoms with Crippen molar-refractivity contribution in [3.05, 3.63) is 21.7 Å². The second kappa shape index (κ2) is 6.62. The average Bonchev–Trinajstić information content (AvgIpc) is 2.46. The van der Waals surface area contributed by atoms with Gasteiger partial charge in [-0.05, 0) is 25.6 Å². The van der Waals surface area contributed by atoms with E-state index in [-0.39, 0.29) is 22.4 Å². The van der Waals surface area contributed by atoms with E-state index in [0.717, 1.165) is 26.2 Å². The lowest BCUT2D eigenvalue weighted by Gasteiger charge is -2.40. The van der Waals surface area contributed by atoms with E-state index >= 15 is 0 Å². The number of halogens is 2. The molecule has 7 heteroatoms. The number of phenols is 1. The average molecular weight is 347 g/mol. The topological polar surface area (TPSA) is 52.6 Å². The van der Waals surface area contributed by atoms with Crippen LogP contribution >= 0.6 is 23.2 Å². The molecule has 0 unspecified atom stereocenters. The van der Waals surface area contributed by atoms with Crippen LogP contribution in [0.5, 0.6) is 5.75 Å². The Hall–Kier alpha value is -1.01. The maximum atomic E-state index is 12.3. The molecule has 1 aliphatic heterocycles. The van der Waals surface area contributed by atoms with Crippen LogP contribution in [0.3, 0.4) is 0 Å². The van der Waals surface area contributed by atoms with Crippen molar-refractivity contribution in [2.75, 3.05) is 52.1 Å². The quantitative estimate of drug-likeness (QED) is 0.652. The number of carbonyl (C=O) groups excluding carboxylic acids is 1. The van der Waals surface area contributed by atoms with Crippen molar-refractivity contribution in [2.45, 2.75) is 6.92 Å². The number of anilines is 1. The Bertz CT molecular complexity index is 585. The lowest BCUT2D eigenvalue weighted by molar-refractivity contribution is -0.905. The van der Waals surface area contributed by atoms with Crippen molar-refractivity contribution >= 4 is 34.8 Å². The number of rotatable bonds is 3. The highest BCUT2D eigenvalue weighted by atomic mass is 35.5. The fourth-order valence-corrected chi connectivity index (χ4v) is 3.00. The van der Waals surface area contributed by atoms with Crippen LogP contribution in [-0.4, -0.2) is 67.2 Å². The second-order valence-corrected chi connectivity index (χ2v) is 7.05. The highest BCUT2D eigenvalue weighted by Crippen LogP contribution is 2.38. The molecular weight excluding hydrogens is 325 g/mol. The zero-order valence-corrected chi connectivity index (χ0v) is 14.6. The molecule has 22 heavy (non-hydrogen) atoms. The highest BCUT2D eigenvalue weighted by Gasteiger charge is 2.30. The summed E-state index contributed by atoms with van der Waals surface area (Å²) in [5.41, 5.74) is 0.850. The molecule has 122 valence electrons. The van der Waals surface area contributed by atoms with Crippen molar-refractivity contribution in [3.63, 3.8) is 0 Å². The van der Waals surface area contributed by atoms with Gasteiger partial charge in [0.2, 0.25) is 0 Å². The molecule has 0 aliphatic carbocycles. The maximum Gasteiger partial charge on any atom is 0.279 e. The minimum absolute atomic E-state index is 0.141. The fraction of sp³-hybridized carbons (Fsp3) is 0.533. The first-order valence-corrected chi connectivity index (χ1v) is 7.97. The molecule has 1 aromatic rings. The molecule has 1 aliphatic rings. The summed E-state index contributed by atoms with van der Waals surface area (Å²) >= 11 is 12.1. The number of carbonyl (C=O) groups is 1. The van der Waals surface area contributed by atoms with Crippen molar-refractivity contribution in [1.82, 2.24) is 4.90 Å². The van der Waals surface area contributed by atoms with Crippen LogP contribution < -0.4 is 5.32 Å². The van der Waals surface area contributed by atoms with Crippen LogP contribution in [0.1, 0.15) is 5.56 Å². The Balaban J connectivity index is 2.07. The van der Waals surface area contributed by atoms with Gasteiger partial charge in [-0.25, -0.2) is 0 Å². The zero-order valence-electron chi connectivity index (χ0n) is 13.1. The van der Waals surface area contributed by atoms with Crippen molar-refractivity contribution in [1.29, 1.82) is 0 Å². The molecule has 2 N–H and O–H groups in total. The Labute approximate surface area is 141 Å². The molecule has 5 nitrogen and oxygen atoms in total. The van der Waals surface area contributed by atoms with E-state index in [4.69, 9.17) is 23.2 Å². The number of piperazine rings is 1. The van der Waals surface area contributed by atoms with Gasteiger partial charge in [0.25, 0.3) is 5.91 Å². The summed E-state index contributed by atoms with van der Waals surface area (Å²) in [5.74, 6) is -0.295. The molecule has 1 aromatic carbocycles. The Morgan fingerprint density at radius 1 is 1.41 bits per heavy atom. The van der Waals surface area contributed by atoms with Gasteiger partial charge in [0.05, 0.1) is 30.8 Å². The maximum absolute atomic E-state index is 12.3. The normalized spacial score (nSPS) is 18.2. The van der Waals surface area contributed by atoms with E-state index in [2.05, 4.69) is 24.3 Å². The number of nitrogens with zero attached hydrogens (tertiary/aromatic N) is 2. The van der Waals surface area contributed by atoms with Crippen molar-refractivity contribution in [3.8, 4) is 5.75 Å². The Morgan fingerprint density at radius 2 is 2.00 bits per heavy atom. The minimum atomic E-state index is -0.154. The van der Waals surface area contributed by atoms with Gasteiger partial charge < -0.3 is 14.9 Å². The number of aromatic hydroxyl groups is 1. The number of nitrogens with one attached hydrogen (secondary N) is 1. The lowest BCUT2D eigenvalue weighted by Crippen LogP contribution is -2.58. The van der Waals surface area contributed by atoms with Crippen LogP contribution in [0, 0.1) is 6.92 Å². The van der Waals surface area contributed by atoms with E-state index in [9.17, 15) is 9.90 Å². The highest BCUT2D eigenvalue weighted by molar-refractivity contribution is 6.37. The summed E-state index contributed by atoms with van der Waals surface area (Å²) in [7, 11) is 4.15. The molecule has 1 saturated heterocycles. The number of likely N-dealkylation sites (N-methyl/N-ethyl adjacent to an activating group) is 2. The molecule has 1 heterocycles. The van der Waals surface area contributed by atoms with Gasteiger partial charge in [-0.15, -0.1) is 0 Å². The van der Waals surface area contributed by atoms with E-state index in [0.29, 0.717) is 21.6 Å². The van der Waals surface area contributed by atoms with E-state index in [1.807, 2.05) is 0 Å². The van der Waals surface area contributed by atoms with Crippen LogP contribution in [-0.2, 0) is 4.79 Å². The van der Waals surface area contributed by atoms with Gasteiger partial charge in [0.15, 0.2) is 12.3 Å². The van der Waals surface area contributed by atoms with E-state index in [1.54, 1.807) is 6.92 Å². The third-order valence-electron chi connectivity index (χ3n) is 4.26. The predicted molar refractivity (Wildman–Crippen MR) is 89.8 cm³/mol. The number of hydrogen-bond donors (Lipinski definition) is 2. The Morgan fingerprint density at radius 3 is 2.59 bits per heavy atom. The molecule has 0 aromatic heterocycles. The zero-order chi connectivity index (χ0) is 16.5. The van der Waals surface area contributed by atoms with Crippen LogP contribution in [0.4, 0.5) is 5.69 Å². The fourth-order valence-electron chi connectivity index (χ4n) is 2.54. The van der Waals surface area contributed by atoms with Crippen LogP contribution in [0.2, 0.25) is 10.0 Å². The SMILES string of the molecule is Cc1c(Cl)cc(NC(=O)C[N+]2(C)CCN(C)CC2)c(O)c1Cl. The molecule has 0 radical (unpaired) electrons. The predicted octanol–water partition coefficient (Wildman–Crippen LogP) is 2.34. The van der Waals surface area contributed by atoms with Gasteiger partial charge in [-0.1, -0.05) is 23.2 Å². The number of quaternary nitrogens is 1. The largest absolute Gasteiger partial charge is 0.504 e. The van der Waals surface area contributed by atoms with Gasteiger partial charge in [0, 0.05) is 18.1 Å². The summed E-state index contributed by atoms with van der Waals surface area (Å²) in [6.07, 6.45) is 0. The molecule has 1 amide bonds. The smallest absolute Gasteiger partial charge is 0.279 e. The van der Waals surface area contributed by atoms with Crippen LogP contribution in [0.25, 0.3) is 0 Å².